The van der Waals surface area contributed by atoms with Gasteiger partial charge >= 0.3 is 0 Å². The predicted octanol–water partition coefficient (Wildman–Crippen LogP) is 3.89. The van der Waals surface area contributed by atoms with Crippen LogP contribution in [0.3, 0.4) is 0 Å². The van der Waals surface area contributed by atoms with E-state index in [1.165, 1.54) is 0 Å². The van der Waals surface area contributed by atoms with Gasteiger partial charge in [-0.25, -0.2) is 0 Å². The molecule has 0 spiro atoms. The third kappa shape index (κ3) is 3.43. The molecule has 3 nitrogen and oxygen atoms in total. The summed E-state index contributed by atoms with van der Waals surface area (Å²) in [5.74, 6) is 0. The molecule has 2 aromatic rings. The zero-order chi connectivity index (χ0) is 14.5. The summed E-state index contributed by atoms with van der Waals surface area (Å²) in [4.78, 5) is 2.04. The van der Waals surface area contributed by atoms with Crippen molar-refractivity contribution in [1.29, 1.82) is 5.26 Å². The Balaban J connectivity index is 2.13. The lowest BCUT2D eigenvalue weighted by atomic mass is 10.1. The second-order valence-corrected chi connectivity index (χ2v) is 5.15. The molecule has 2 rings (SSSR count). The maximum Gasteiger partial charge on any atom is 0.0991 e. The fourth-order valence-corrected chi connectivity index (χ4v) is 2.11. The van der Waals surface area contributed by atoms with Crippen molar-refractivity contribution in [3.63, 3.8) is 0 Å². The van der Waals surface area contributed by atoms with E-state index in [1.807, 2.05) is 61.5 Å². The zero-order valence-electron chi connectivity index (χ0n) is 11.5. The minimum Gasteiger partial charge on any atom is -0.379 e. The van der Waals surface area contributed by atoms with Crippen LogP contribution in [0.5, 0.6) is 0 Å². The van der Waals surface area contributed by atoms with Crippen molar-refractivity contribution in [3.8, 4) is 6.07 Å². The molecule has 0 aliphatic carbocycles. The highest BCUT2D eigenvalue weighted by atomic mass is 35.5. The van der Waals surface area contributed by atoms with Gasteiger partial charge in [-0.05, 0) is 35.9 Å². The summed E-state index contributed by atoms with van der Waals surface area (Å²) in [6.07, 6.45) is 0. The molecule has 2 aromatic carbocycles. The molecule has 0 amide bonds. The average Bonchev–Trinajstić information content (AvgIpc) is 2.45. The maximum atomic E-state index is 8.78. The van der Waals surface area contributed by atoms with E-state index in [0.29, 0.717) is 17.1 Å². The smallest absolute Gasteiger partial charge is 0.0991 e. The van der Waals surface area contributed by atoms with E-state index in [-0.39, 0.29) is 0 Å². The lowest BCUT2D eigenvalue weighted by Crippen LogP contribution is -2.12. The number of nitrogens with one attached hydrogen (secondary N) is 1. The Bertz CT molecular complexity index is 627. The highest BCUT2D eigenvalue weighted by molar-refractivity contribution is 6.31. The SMILES string of the molecule is CN(C)c1ccc(Cl)cc1NCc1ccc(C#N)cc1. The van der Waals surface area contributed by atoms with Gasteiger partial charge in [-0.1, -0.05) is 23.7 Å². The van der Waals surface area contributed by atoms with Gasteiger partial charge in [0, 0.05) is 25.7 Å². The Hall–Kier alpha value is -2.18. The van der Waals surface area contributed by atoms with Crippen molar-refractivity contribution in [2.45, 2.75) is 6.54 Å². The van der Waals surface area contributed by atoms with E-state index < -0.39 is 0 Å². The largest absolute Gasteiger partial charge is 0.379 e. The Morgan fingerprint density at radius 1 is 1.15 bits per heavy atom. The van der Waals surface area contributed by atoms with E-state index in [1.54, 1.807) is 0 Å². The van der Waals surface area contributed by atoms with Crippen LogP contribution < -0.4 is 10.2 Å². The van der Waals surface area contributed by atoms with E-state index in [9.17, 15) is 0 Å². The quantitative estimate of drug-likeness (QED) is 0.926. The molecule has 0 fully saturated rings. The Labute approximate surface area is 124 Å². The molecule has 4 heteroatoms. The molecule has 0 saturated heterocycles. The van der Waals surface area contributed by atoms with Crippen LogP contribution in [0.2, 0.25) is 5.02 Å². The first-order valence-electron chi connectivity index (χ1n) is 6.30. The molecule has 0 radical (unpaired) electrons. The molecular formula is C16H16ClN3. The van der Waals surface area contributed by atoms with Crippen molar-refractivity contribution in [2.24, 2.45) is 0 Å². The second-order valence-electron chi connectivity index (χ2n) is 4.72. The summed E-state index contributed by atoms with van der Waals surface area (Å²) in [5.41, 5.74) is 3.87. The van der Waals surface area contributed by atoms with Crippen LogP contribution in [0.25, 0.3) is 0 Å². The molecule has 0 aliphatic rings. The number of rotatable bonds is 4. The van der Waals surface area contributed by atoms with Crippen LogP contribution in [-0.4, -0.2) is 14.1 Å². The van der Waals surface area contributed by atoms with Gasteiger partial charge in [-0.3, -0.25) is 0 Å². The third-order valence-electron chi connectivity index (χ3n) is 3.01. The fraction of sp³-hybridized carbons (Fsp3) is 0.188. The second kappa shape index (κ2) is 6.31. The normalized spacial score (nSPS) is 9.90. The molecule has 0 unspecified atom stereocenters. The van der Waals surface area contributed by atoms with Gasteiger partial charge in [0.1, 0.15) is 0 Å². The fourth-order valence-electron chi connectivity index (χ4n) is 1.93. The molecule has 0 saturated carbocycles. The monoisotopic (exact) mass is 285 g/mol. The van der Waals surface area contributed by atoms with Gasteiger partial charge in [-0.15, -0.1) is 0 Å². The van der Waals surface area contributed by atoms with Crippen LogP contribution in [0, 0.1) is 11.3 Å². The first kappa shape index (κ1) is 14.2. The summed E-state index contributed by atoms with van der Waals surface area (Å²) >= 11 is 6.05. The molecular weight excluding hydrogens is 270 g/mol. The topological polar surface area (TPSA) is 39.1 Å². The van der Waals surface area contributed by atoms with Crippen molar-refractivity contribution in [3.05, 3.63) is 58.6 Å². The van der Waals surface area contributed by atoms with E-state index >= 15 is 0 Å². The zero-order valence-corrected chi connectivity index (χ0v) is 12.3. The minimum absolute atomic E-state index is 0.672. The molecule has 0 bridgehead atoms. The Kier molecular flexibility index (Phi) is 4.49. The van der Waals surface area contributed by atoms with Crippen molar-refractivity contribution >= 4 is 23.0 Å². The van der Waals surface area contributed by atoms with Gasteiger partial charge in [0.2, 0.25) is 0 Å². The number of halogens is 1. The average molecular weight is 286 g/mol. The molecule has 102 valence electrons. The summed E-state index contributed by atoms with van der Waals surface area (Å²) in [5, 5.41) is 12.9. The van der Waals surface area contributed by atoms with Crippen LogP contribution in [0.1, 0.15) is 11.1 Å². The highest BCUT2D eigenvalue weighted by Crippen LogP contribution is 2.28. The van der Waals surface area contributed by atoms with Gasteiger partial charge < -0.3 is 10.2 Å². The van der Waals surface area contributed by atoms with E-state index in [2.05, 4.69) is 11.4 Å². The summed E-state index contributed by atoms with van der Waals surface area (Å²) in [7, 11) is 3.99. The highest BCUT2D eigenvalue weighted by Gasteiger charge is 2.05. The van der Waals surface area contributed by atoms with Crippen LogP contribution in [0.15, 0.2) is 42.5 Å². The van der Waals surface area contributed by atoms with Crippen LogP contribution in [0.4, 0.5) is 11.4 Å². The van der Waals surface area contributed by atoms with Crippen molar-refractivity contribution in [2.75, 3.05) is 24.3 Å². The number of hydrogen-bond acceptors (Lipinski definition) is 3. The van der Waals surface area contributed by atoms with Gasteiger partial charge in [-0.2, -0.15) is 5.26 Å². The lowest BCUT2D eigenvalue weighted by Gasteiger charge is -2.19. The minimum atomic E-state index is 0.672. The van der Waals surface area contributed by atoms with E-state index in [4.69, 9.17) is 16.9 Å². The van der Waals surface area contributed by atoms with Gasteiger partial charge in [0.05, 0.1) is 23.0 Å². The predicted molar refractivity (Wildman–Crippen MR) is 84.3 cm³/mol. The third-order valence-corrected chi connectivity index (χ3v) is 3.24. The molecule has 0 heterocycles. The molecule has 1 N–H and O–H groups in total. The summed E-state index contributed by atoms with van der Waals surface area (Å²) in [6, 6.07) is 15.4. The van der Waals surface area contributed by atoms with Crippen molar-refractivity contribution in [1.82, 2.24) is 0 Å². The Morgan fingerprint density at radius 2 is 1.85 bits per heavy atom. The van der Waals surface area contributed by atoms with E-state index in [0.717, 1.165) is 16.9 Å². The van der Waals surface area contributed by atoms with Crippen LogP contribution >= 0.6 is 11.6 Å². The molecule has 20 heavy (non-hydrogen) atoms. The standard InChI is InChI=1S/C16H16ClN3/c1-20(2)16-8-7-14(17)9-15(16)19-11-13-5-3-12(10-18)4-6-13/h3-9,19H,11H2,1-2H3. The number of nitrogens with zero attached hydrogens (tertiary/aromatic N) is 2. The van der Waals surface area contributed by atoms with Gasteiger partial charge in [0.25, 0.3) is 0 Å². The van der Waals surface area contributed by atoms with Crippen molar-refractivity contribution < 1.29 is 0 Å². The molecule has 0 aromatic heterocycles. The maximum absolute atomic E-state index is 8.78. The Morgan fingerprint density at radius 3 is 2.45 bits per heavy atom. The summed E-state index contributed by atoms with van der Waals surface area (Å²) < 4.78 is 0. The van der Waals surface area contributed by atoms with Crippen LogP contribution in [-0.2, 0) is 6.54 Å². The number of anilines is 2. The lowest BCUT2D eigenvalue weighted by molar-refractivity contribution is 1.10. The number of hydrogen-bond donors (Lipinski definition) is 1. The van der Waals surface area contributed by atoms with Gasteiger partial charge in [0.15, 0.2) is 0 Å². The first-order chi connectivity index (χ1) is 9.60. The molecule has 0 aliphatic heterocycles. The summed E-state index contributed by atoms with van der Waals surface area (Å²) in [6.45, 7) is 0.687. The number of nitriles is 1. The molecule has 0 atom stereocenters. The first-order valence-corrected chi connectivity index (χ1v) is 6.68. The number of benzene rings is 2.